The van der Waals surface area contributed by atoms with Crippen molar-refractivity contribution in [3.05, 3.63) is 30.1 Å². The van der Waals surface area contributed by atoms with Gasteiger partial charge in [-0.15, -0.1) is 0 Å². The average Bonchev–Trinajstić information content (AvgIpc) is 2.18. The van der Waals surface area contributed by atoms with Gasteiger partial charge in [0.25, 0.3) is 0 Å². The highest BCUT2D eigenvalue weighted by Gasteiger charge is 2.18. The maximum absolute atomic E-state index is 11.2. The molecule has 0 saturated carbocycles. The molecule has 0 aliphatic rings. The van der Waals surface area contributed by atoms with Gasteiger partial charge in [0.15, 0.2) is 4.83 Å². The Bertz CT molecular complexity index is 276. The summed E-state index contributed by atoms with van der Waals surface area (Å²) in [5.41, 5.74) is 0.668. The molecule has 0 bridgehead atoms. The van der Waals surface area contributed by atoms with Crippen molar-refractivity contribution in [3.63, 3.8) is 0 Å². The molecule has 0 amide bonds. The highest BCUT2D eigenvalue weighted by atomic mass is 79.9. The van der Waals surface area contributed by atoms with Crippen molar-refractivity contribution in [2.45, 2.75) is 11.8 Å². The molecule has 3 nitrogen and oxygen atoms in total. The maximum atomic E-state index is 11.2. The summed E-state index contributed by atoms with van der Waals surface area (Å²) in [6.07, 6.45) is 1.64. The Kier molecular flexibility index (Phi) is 3.89. The van der Waals surface area contributed by atoms with Gasteiger partial charge in [-0.1, -0.05) is 22.0 Å². The summed E-state index contributed by atoms with van der Waals surface area (Å²) in [7, 11) is 0. The first kappa shape index (κ1) is 10.2. The smallest absolute Gasteiger partial charge is 0.325 e. The lowest BCUT2D eigenvalue weighted by atomic mass is 10.3. The van der Waals surface area contributed by atoms with Crippen molar-refractivity contribution in [2.75, 3.05) is 6.61 Å². The van der Waals surface area contributed by atoms with Crippen LogP contribution in [0.5, 0.6) is 0 Å². The minimum atomic E-state index is -0.464. The number of aromatic nitrogens is 1. The molecule has 0 N–H and O–H groups in total. The predicted octanol–water partition coefficient (Wildman–Crippen LogP) is 2.08. The minimum Gasteiger partial charge on any atom is -0.465 e. The topological polar surface area (TPSA) is 39.2 Å². The number of carbonyl (C=O) groups is 1. The molecule has 13 heavy (non-hydrogen) atoms. The summed E-state index contributed by atoms with van der Waals surface area (Å²) >= 11 is 3.22. The molecular formula is C9H10BrNO2. The zero-order chi connectivity index (χ0) is 9.68. The van der Waals surface area contributed by atoms with Crippen LogP contribution in [0.15, 0.2) is 24.4 Å². The Hall–Kier alpha value is -0.900. The first-order valence-corrected chi connectivity index (χ1v) is 4.89. The third-order valence-electron chi connectivity index (χ3n) is 1.44. The van der Waals surface area contributed by atoms with Crippen molar-refractivity contribution in [1.82, 2.24) is 4.98 Å². The Morgan fingerprint density at radius 1 is 1.69 bits per heavy atom. The van der Waals surface area contributed by atoms with Crippen LogP contribution in [0.1, 0.15) is 17.4 Å². The number of ether oxygens (including phenoxy) is 1. The highest BCUT2D eigenvalue weighted by molar-refractivity contribution is 9.09. The van der Waals surface area contributed by atoms with E-state index in [1.165, 1.54) is 0 Å². The first-order valence-electron chi connectivity index (χ1n) is 3.97. The van der Waals surface area contributed by atoms with Gasteiger partial charge in [0.2, 0.25) is 0 Å². The molecule has 0 unspecified atom stereocenters. The number of nitrogens with zero attached hydrogens (tertiary/aromatic N) is 1. The summed E-state index contributed by atoms with van der Waals surface area (Å²) < 4.78 is 4.83. The molecule has 1 atom stereocenters. The number of rotatable bonds is 3. The zero-order valence-corrected chi connectivity index (χ0v) is 8.82. The van der Waals surface area contributed by atoms with Gasteiger partial charge < -0.3 is 4.74 Å². The van der Waals surface area contributed by atoms with Gasteiger partial charge in [0, 0.05) is 6.20 Å². The van der Waals surface area contributed by atoms with Crippen LogP contribution in [-0.4, -0.2) is 17.6 Å². The standard InChI is InChI=1S/C9H10BrNO2/c1-2-13-9(12)8(10)7-5-3-4-6-11-7/h3-6,8H,2H2,1H3/t8-/m0/s1. The second kappa shape index (κ2) is 4.97. The fourth-order valence-electron chi connectivity index (χ4n) is 0.862. The van der Waals surface area contributed by atoms with Crippen LogP contribution in [0.3, 0.4) is 0 Å². The lowest BCUT2D eigenvalue weighted by Crippen LogP contribution is -2.11. The number of alkyl halides is 1. The van der Waals surface area contributed by atoms with E-state index in [0.29, 0.717) is 12.3 Å². The van der Waals surface area contributed by atoms with E-state index in [9.17, 15) is 4.79 Å². The van der Waals surface area contributed by atoms with E-state index in [-0.39, 0.29) is 5.97 Å². The summed E-state index contributed by atoms with van der Waals surface area (Å²) in [6, 6.07) is 5.40. The number of halogens is 1. The van der Waals surface area contributed by atoms with Crippen LogP contribution in [0, 0.1) is 0 Å². The molecule has 0 radical (unpaired) electrons. The molecule has 4 heteroatoms. The molecule has 70 valence electrons. The molecule has 0 aromatic carbocycles. The van der Waals surface area contributed by atoms with E-state index in [4.69, 9.17) is 4.74 Å². The Labute approximate surface area is 85.3 Å². The predicted molar refractivity (Wildman–Crippen MR) is 52.5 cm³/mol. The fourth-order valence-corrected chi connectivity index (χ4v) is 1.27. The lowest BCUT2D eigenvalue weighted by Gasteiger charge is -2.07. The van der Waals surface area contributed by atoms with E-state index in [2.05, 4.69) is 20.9 Å². The van der Waals surface area contributed by atoms with E-state index in [1.54, 1.807) is 25.3 Å². The third kappa shape index (κ3) is 2.81. The van der Waals surface area contributed by atoms with Crippen molar-refractivity contribution < 1.29 is 9.53 Å². The molecule has 0 spiro atoms. The van der Waals surface area contributed by atoms with Crippen molar-refractivity contribution in [2.24, 2.45) is 0 Å². The van der Waals surface area contributed by atoms with E-state index >= 15 is 0 Å². The number of hydrogen-bond acceptors (Lipinski definition) is 3. The molecule has 1 heterocycles. The molecule has 0 aliphatic heterocycles. The lowest BCUT2D eigenvalue weighted by molar-refractivity contribution is -0.142. The minimum absolute atomic E-state index is 0.304. The number of pyridine rings is 1. The van der Waals surface area contributed by atoms with Gasteiger partial charge in [-0.2, -0.15) is 0 Å². The van der Waals surface area contributed by atoms with Crippen LogP contribution in [0.25, 0.3) is 0 Å². The molecule has 0 fully saturated rings. The highest BCUT2D eigenvalue weighted by Crippen LogP contribution is 2.21. The van der Waals surface area contributed by atoms with Gasteiger partial charge in [0.05, 0.1) is 12.3 Å². The van der Waals surface area contributed by atoms with Gasteiger partial charge in [-0.3, -0.25) is 9.78 Å². The molecular weight excluding hydrogens is 234 g/mol. The molecule has 1 rings (SSSR count). The monoisotopic (exact) mass is 243 g/mol. The summed E-state index contributed by atoms with van der Waals surface area (Å²) in [5.74, 6) is -0.304. The summed E-state index contributed by atoms with van der Waals surface area (Å²) in [6.45, 7) is 2.16. The number of esters is 1. The van der Waals surface area contributed by atoms with Crippen molar-refractivity contribution in [1.29, 1.82) is 0 Å². The summed E-state index contributed by atoms with van der Waals surface area (Å²) in [4.78, 5) is 14.8. The van der Waals surface area contributed by atoms with Crippen LogP contribution in [0.2, 0.25) is 0 Å². The first-order chi connectivity index (χ1) is 6.25. The van der Waals surface area contributed by atoms with E-state index < -0.39 is 4.83 Å². The normalized spacial score (nSPS) is 12.2. The fraction of sp³-hybridized carbons (Fsp3) is 0.333. The molecule has 1 aromatic rings. The van der Waals surface area contributed by atoms with Crippen molar-refractivity contribution >= 4 is 21.9 Å². The Morgan fingerprint density at radius 3 is 3.00 bits per heavy atom. The second-order valence-corrected chi connectivity index (χ2v) is 3.28. The SMILES string of the molecule is CCOC(=O)[C@@H](Br)c1ccccn1. The summed E-state index contributed by atoms with van der Waals surface area (Å²) in [5, 5.41) is 0. The van der Waals surface area contributed by atoms with Gasteiger partial charge >= 0.3 is 5.97 Å². The third-order valence-corrected chi connectivity index (χ3v) is 2.28. The Morgan fingerprint density at radius 2 is 2.46 bits per heavy atom. The van der Waals surface area contributed by atoms with E-state index in [1.807, 2.05) is 6.07 Å². The van der Waals surface area contributed by atoms with Gasteiger partial charge in [-0.05, 0) is 19.1 Å². The number of carbonyl (C=O) groups excluding carboxylic acids is 1. The van der Waals surface area contributed by atoms with E-state index in [0.717, 1.165) is 0 Å². The van der Waals surface area contributed by atoms with Crippen LogP contribution >= 0.6 is 15.9 Å². The molecule has 0 aliphatic carbocycles. The van der Waals surface area contributed by atoms with Crippen LogP contribution in [0.4, 0.5) is 0 Å². The van der Waals surface area contributed by atoms with Gasteiger partial charge in [0.1, 0.15) is 0 Å². The number of hydrogen-bond donors (Lipinski definition) is 0. The second-order valence-electron chi connectivity index (χ2n) is 2.37. The maximum Gasteiger partial charge on any atom is 0.325 e. The molecule has 1 aromatic heterocycles. The van der Waals surface area contributed by atoms with Crippen molar-refractivity contribution in [3.8, 4) is 0 Å². The Balaban J connectivity index is 2.68. The van der Waals surface area contributed by atoms with Crippen LogP contribution < -0.4 is 0 Å². The van der Waals surface area contributed by atoms with Gasteiger partial charge in [-0.25, -0.2) is 0 Å². The zero-order valence-electron chi connectivity index (χ0n) is 7.24. The largest absolute Gasteiger partial charge is 0.465 e. The molecule has 0 saturated heterocycles. The quantitative estimate of drug-likeness (QED) is 0.603. The van der Waals surface area contributed by atoms with Crippen LogP contribution in [-0.2, 0) is 9.53 Å². The average molecular weight is 244 g/mol.